The number of aromatic nitrogens is 1. The van der Waals surface area contributed by atoms with Crippen LogP contribution in [-0.4, -0.2) is 28.4 Å². The maximum absolute atomic E-state index is 9.79. The molecule has 0 fully saturated rings. The lowest BCUT2D eigenvalue weighted by Crippen LogP contribution is -2.37. The molecular weight excluding hydrogens is 258 g/mol. The van der Waals surface area contributed by atoms with Gasteiger partial charge in [-0.15, -0.1) is 11.3 Å². The lowest BCUT2D eigenvalue weighted by atomic mass is 9.78. The number of benzene rings is 1. The van der Waals surface area contributed by atoms with Gasteiger partial charge < -0.3 is 10.2 Å². The minimum atomic E-state index is -0.632. The van der Waals surface area contributed by atoms with Crippen molar-refractivity contribution in [2.45, 2.75) is 25.7 Å². The standard InChI is InChI=1S/C15H19NO2S/c1-11-3-5-13(6-4-11)15(9-17,10-18)7-14-8-16-12(2)19-14/h3-6,8,17-18H,7,9-10H2,1-2H3. The van der Waals surface area contributed by atoms with Crippen molar-refractivity contribution in [2.75, 3.05) is 13.2 Å². The Labute approximate surface area is 117 Å². The molecule has 0 saturated heterocycles. The molecule has 1 aromatic heterocycles. The van der Waals surface area contributed by atoms with Crippen LogP contribution in [0.2, 0.25) is 0 Å². The molecule has 0 atom stereocenters. The average molecular weight is 277 g/mol. The molecule has 0 saturated carbocycles. The van der Waals surface area contributed by atoms with Gasteiger partial charge in [0.15, 0.2) is 0 Å². The van der Waals surface area contributed by atoms with Crippen LogP contribution < -0.4 is 0 Å². The van der Waals surface area contributed by atoms with Crippen LogP contribution in [0.1, 0.15) is 21.0 Å². The maximum atomic E-state index is 9.79. The number of hydrogen-bond acceptors (Lipinski definition) is 4. The van der Waals surface area contributed by atoms with Crippen molar-refractivity contribution in [3.05, 3.63) is 51.5 Å². The Morgan fingerprint density at radius 1 is 1.11 bits per heavy atom. The van der Waals surface area contributed by atoms with E-state index in [1.165, 1.54) is 5.56 Å². The predicted molar refractivity (Wildman–Crippen MR) is 77.6 cm³/mol. The number of hydrogen-bond donors (Lipinski definition) is 2. The van der Waals surface area contributed by atoms with E-state index in [1.54, 1.807) is 11.3 Å². The first-order valence-electron chi connectivity index (χ1n) is 6.30. The molecule has 2 rings (SSSR count). The highest BCUT2D eigenvalue weighted by molar-refractivity contribution is 7.11. The van der Waals surface area contributed by atoms with Crippen LogP contribution in [0.15, 0.2) is 30.5 Å². The molecule has 0 amide bonds. The summed E-state index contributed by atoms with van der Waals surface area (Å²) in [6, 6.07) is 7.98. The summed E-state index contributed by atoms with van der Waals surface area (Å²) in [5, 5.41) is 20.6. The van der Waals surface area contributed by atoms with E-state index < -0.39 is 5.41 Å². The third-order valence-electron chi connectivity index (χ3n) is 3.45. The summed E-state index contributed by atoms with van der Waals surface area (Å²) >= 11 is 1.61. The summed E-state index contributed by atoms with van der Waals surface area (Å²) in [4.78, 5) is 5.32. The van der Waals surface area contributed by atoms with Crippen LogP contribution in [0.3, 0.4) is 0 Å². The van der Waals surface area contributed by atoms with Crippen LogP contribution >= 0.6 is 11.3 Å². The van der Waals surface area contributed by atoms with E-state index in [1.807, 2.05) is 44.3 Å². The second kappa shape index (κ2) is 5.82. The summed E-state index contributed by atoms with van der Waals surface area (Å²) in [5.41, 5.74) is 1.50. The van der Waals surface area contributed by atoms with E-state index in [2.05, 4.69) is 4.98 Å². The number of aliphatic hydroxyl groups is 2. The first kappa shape index (κ1) is 14.2. The van der Waals surface area contributed by atoms with Crippen molar-refractivity contribution in [3.63, 3.8) is 0 Å². The molecule has 4 heteroatoms. The van der Waals surface area contributed by atoms with Gasteiger partial charge in [-0.2, -0.15) is 0 Å². The lowest BCUT2D eigenvalue weighted by Gasteiger charge is -2.30. The van der Waals surface area contributed by atoms with Crippen LogP contribution in [0.25, 0.3) is 0 Å². The van der Waals surface area contributed by atoms with Crippen LogP contribution in [-0.2, 0) is 11.8 Å². The van der Waals surface area contributed by atoms with Crippen molar-refractivity contribution in [1.29, 1.82) is 0 Å². The molecule has 0 unspecified atom stereocenters. The fourth-order valence-corrected chi connectivity index (χ4v) is 3.11. The highest BCUT2D eigenvalue weighted by Gasteiger charge is 2.32. The SMILES string of the molecule is Cc1ccc(C(CO)(CO)Cc2cnc(C)s2)cc1. The molecule has 0 bridgehead atoms. The van der Waals surface area contributed by atoms with E-state index in [9.17, 15) is 10.2 Å². The molecule has 0 radical (unpaired) electrons. The van der Waals surface area contributed by atoms with Gasteiger partial charge in [0, 0.05) is 16.5 Å². The monoisotopic (exact) mass is 277 g/mol. The Hall–Kier alpha value is -1.23. The van der Waals surface area contributed by atoms with E-state index in [0.717, 1.165) is 15.4 Å². The third kappa shape index (κ3) is 3.03. The van der Waals surface area contributed by atoms with Crippen LogP contribution in [0, 0.1) is 13.8 Å². The number of aryl methyl sites for hydroxylation is 2. The van der Waals surface area contributed by atoms with E-state index in [-0.39, 0.29) is 13.2 Å². The molecule has 3 nitrogen and oxygen atoms in total. The van der Waals surface area contributed by atoms with Gasteiger partial charge in [0.25, 0.3) is 0 Å². The van der Waals surface area contributed by atoms with E-state index in [4.69, 9.17) is 0 Å². The topological polar surface area (TPSA) is 53.4 Å². The number of rotatable bonds is 5. The molecule has 0 spiro atoms. The molecule has 102 valence electrons. The summed E-state index contributed by atoms with van der Waals surface area (Å²) in [6.45, 7) is 3.82. The quantitative estimate of drug-likeness (QED) is 0.881. The van der Waals surface area contributed by atoms with Crippen molar-refractivity contribution in [3.8, 4) is 0 Å². The predicted octanol–water partition coefficient (Wildman–Crippen LogP) is 2.23. The van der Waals surface area contributed by atoms with Gasteiger partial charge in [0.05, 0.1) is 18.2 Å². The fraction of sp³-hybridized carbons (Fsp3) is 0.400. The molecule has 19 heavy (non-hydrogen) atoms. The Kier molecular flexibility index (Phi) is 4.34. The Balaban J connectivity index is 2.33. The van der Waals surface area contributed by atoms with Crippen molar-refractivity contribution in [2.24, 2.45) is 0 Å². The minimum absolute atomic E-state index is 0.0799. The van der Waals surface area contributed by atoms with E-state index >= 15 is 0 Å². The third-order valence-corrected chi connectivity index (χ3v) is 4.36. The first-order valence-corrected chi connectivity index (χ1v) is 7.11. The second-order valence-electron chi connectivity index (χ2n) is 4.98. The van der Waals surface area contributed by atoms with Gasteiger partial charge in [-0.25, -0.2) is 4.98 Å². The molecule has 1 heterocycles. The highest BCUT2D eigenvalue weighted by Crippen LogP contribution is 2.30. The fourth-order valence-electron chi connectivity index (χ4n) is 2.17. The molecule has 1 aromatic carbocycles. The molecule has 0 aliphatic carbocycles. The summed E-state index contributed by atoms with van der Waals surface area (Å²) < 4.78 is 0. The molecule has 2 N–H and O–H groups in total. The molecular formula is C15H19NO2S. The maximum Gasteiger partial charge on any atom is 0.0896 e. The van der Waals surface area contributed by atoms with Crippen LogP contribution in [0.4, 0.5) is 0 Å². The normalized spacial score (nSPS) is 11.8. The lowest BCUT2D eigenvalue weighted by molar-refractivity contribution is 0.117. The summed E-state index contributed by atoms with van der Waals surface area (Å²) in [5.74, 6) is 0. The van der Waals surface area contributed by atoms with E-state index in [0.29, 0.717) is 6.42 Å². The Morgan fingerprint density at radius 3 is 2.21 bits per heavy atom. The van der Waals surface area contributed by atoms with Gasteiger partial charge in [-0.3, -0.25) is 0 Å². The van der Waals surface area contributed by atoms with Crippen molar-refractivity contribution < 1.29 is 10.2 Å². The zero-order chi connectivity index (χ0) is 13.9. The molecule has 2 aromatic rings. The minimum Gasteiger partial charge on any atom is -0.395 e. The first-order chi connectivity index (χ1) is 9.09. The largest absolute Gasteiger partial charge is 0.395 e. The smallest absolute Gasteiger partial charge is 0.0896 e. The van der Waals surface area contributed by atoms with Crippen molar-refractivity contribution in [1.82, 2.24) is 4.98 Å². The highest BCUT2D eigenvalue weighted by atomic mass is 32.1. The number of thiazole rings is 1. The zero-order valence-electron chi connectivity index (χ0n) is 11.3. The molecule has 0 aliphatic rings. The summed E-state index contributed by atoms with van der Waals surface area (Å²) in [6.07, 6.45) is 2.43. The molecule has 0 aliphatic heterocycles. The average Bonchev–Trinajstić information content (AvgIpc) is 2.82. The number of nitrogens with zero attached hydrogens (tertiary/aromatic N) is 1. The zero-order valence-corrected chi connectivity index (χ0v) is 12.1. The second-order valence-corrected chi connectivity index (χ2v) is 6.30. The van der Waals surface area contributed by atoms with Crippen molar-refractivity contribution >= 4 is 11.3 Å². The van der Waals surface area contributed by atoms with Crippen LogP contribution in [0.5, 0.6) is 0 Å². The number of aliphatic hydroxyl groups excluding tert-OH is 2. The van der Waals surface area contributed by atoms with Gasteiger partial charge in [-0.1, -0.05) is 29.8 Å². The van der Waals surface area contributed by atoms with Gasteiger partial charge in [0.2, 0.25) is 0 Å². The Morgan fingerprint density at radius 2 is 1.74 bits per heavy atom. The Bertz CT molecular complexity index is 529. The van der Waals surface area contributed by atoms with Gasteiger partial charge in [0.1, 0.15) is 0 Å². The van der Waals surface area contributed by atoms with Gasteiger partial charge in [-0.05, 0) is 25.8 Å². The summed E-state index contributed by atoms with van der Waals surface area (Å²) in [7, 11) is 0. The van der Waals surface area contributed by atoms with Gasteiger partial charge >= 0.3 is 0 Å².